The van der Waals surface area contributed by atoms with Gasteiger partial charge in [0.2, 0.25) is 5.91 Å². The van der Waals surface area contributed by atoms with Gasteiger partial charge in [0.15, 0.2) is 0 Å². The molecule has 2 N–H and O–H groups in total. The number of aromatic nitrogens is 1. The number of carbonyl (C=O) groups is 1. The number of hydrogen-bond donors (Lipinski definition) is 2. The van der Waals surface area contributed by atoms with E-state index in [2.05, 4.69) is 15.8 Å². The summed E-state index contributed by atoms with van der Waals surface area (Å²) >= 11 is 1.73. The Balaban J connectivity index is 1.80. The number of nitrogens with one attached hydrogen (secondary N) is 2. The Hall–Kier alpha value is -1.01. The van der Waals surface area contributed by atoms with Gasteiger partial charge < -0.3 is 9.84 Å². The van der Waals surface area contributed by atoms with Crippen molar-refractivity contribution in [1.29, 1.82) is 0 Å². The van der Waals surface area contributed by atoms with Gasteiger partial charge in [0.05, 0.1) is 12.6 Å². The molecule has 0 aromatic carbocycles. The Morgan fingerprint density at radius 3 is 3.33 bits per heavy atom. The van der Waals surface area contributed by atoms with Crippen molar-refractivity contribution < 1.29 is 9.32 Å². The van der Waals surface area contributed by atoms with Gasteiger partial charge in [0.1, 0.15) is 11.5 Å². The fourth-order valence-electron chi connectivity index (χ4n) is 1.37. The van der Waals surface area contributed by atoms with E-state index < -0.39 is 0 Å². The van der Waals surface area contributed by atoms with Crippen LogP contribution in [0, 0.1) is 6.92 Å². The molecule has 1 aliphatic rings. The molecule has 6 heteroatoms. The molecule has 1 aromatic heterocycles. The molecule has 2 rings (SSSR count). The highest BCUT2D eigenvalue weighted by Gasteiger charge is 2.22. The monoisotopic (exact) mass is 227 g/mol. The van der Waals surface area contributed by atoms with Gasteiger partial charge in [-0.05, 0) is 6.92 Å². The minimum absolute atomic E-state index is 0.0284. The van der Waals surface area contributed by atoms with Gasteiger partial charge in [-0.25, -0.2) is 0 Å². The molecule has 0 aliphatic carbocycles. The third-order valence-electron chi connectivity index (χ3n) is 2.15. The maximum Gasteiger partial charge on any atom is 0.238 e. The zero-order valence-corrected chi connectivity index (χ0v) is 9.26. The average Bonchev–Trinajstić information content (AvgIpc) is 2.84. The third kappa shape index (κ3) is 2.73. The van der Waals surface area contributed by atoms with Gasteiger partial charge in [-0.3, -0.25) is 10.1 Å². The van der Waals surface area contributed by atoms with Crippen molar-refractivity contribution in [2.45, 2.75) is 19.5 Å². The first-order valence-electron chi connectivity index (χ1n) is 4.77. The van der Waals surface area contributed by atoms with E-state index in [9.17, 15) is 4.79 Å². The van der Waals surface area contributed by atoms with Crippen LogP contribution in [0.25, 0.3) is 0 Å². The largest absolute Gasteiger partial charge is 0.361 e. The summed E-state index contributed by atoms with van der Waals surface area (Å²) in [5.41, 5.74) is 0.756. The maximum absolute atomic E-state index is 11.6. The first kappa shape index (κ1) is 10.5. The predicted molar refractivity (Wildman–Crippen MR) is 57.3 cm³/mol. The van der Waals surface area contributed by atoms with E-state index in [0.717, 1.165) is 23.1 Å². The fraction of sp³-hybridized carbons (Fsp3) is 0.556. The Bertz CT molecular complexity index is 347. The Morgan fingerprint density at radius 2 is 2.73 bits per heavy atom. The smallest absolute Gasteiger partial charge is 0.238 e. The molecule has 2 heterocycles. The van der Waals surface area contributed by atoms with Gasteiger partial charge >= 0.3 is 0 Å². The molecule has 5 nitrogen and oxygen atoms in total. The molecule has 0 saturated carbocycles. The molecule has 0 spiro atoms. The Labute approximate surface area is 92.0 Å². The molecule has 1 atom stereocenters. The van der Waals surface area contributed by atoms with Gasteiger partial charge in [-0.1, -0.05) is 5.16 Å². The van der Waals surface area contributed by atoms with E-state index in [1.807, 2.05) is 13.0 Å². The third-order valence-corrected chi connectivity index (χ3v) is 3.09. The van der Waals surface area contributed by atoms with E-state index in [1.54, 1.807) is 11.8 Å². The van der Waals surface area contributed by atoms with Gasteiger partial charge in [0.25, 0.3) is 0 Å². The van der Waals surface area contributed by atoms with E-state index in [0.29, 0.717) is 6.54 Å². The molecule has 1 fully saturated rings. The maximum atomic E-state index is 11.6. The predicted octanol–water partition coefficient (Wildman–Crippen LogP) is 0.262. The first-order chi connectivity index (χ1) is 7.25. The highest BCUT2D eigenvalue weighted by molar-refractivity contribution is 7.99. The second-order valence-electron chi connectivity index (χ2n) is 3.42. The zero-order chi connectivity index (χ0) is 10.7. The van der Waals surface area contributed by atoms with Crippen LogP contribution >= 0.6 is 11.8 Å². The molecule has 1 aliphatic heterocycles. The van der Waals surface area contributed by atoms with Crippen molar-refractivity contribution >= 4 is 17.7 Å². The van der Waals surface area contributed by atoms with Crippen molar-refractivity contribution in [2.24, 2.45) is 0 Å². The lowest BCUT2D eigenvalue weighted by molar-refractivity contribution is -0.122. The van der Waals surface area contributed by atoms with Crippen LogP contribution in [0.1, 0.15) is 11.5 Å². The first-order valence-corrected chi connectivity index (χ1v) is 5.92. The summed E-state index contributed by atoms with van der Waals surface area (Å²) in [5.74, 6) is 2.47. The van der Waals surface area contributed by atoms with Crippen LogP contribution in [-0.4, -0.2) is 28.7 Å². The van der Waals surface area contributed by atoms with E-state index >= 15 is 0 Å². The number of carbonyl (C=O) groups excluding carboxylic acids is 1. The quantitative estimate of drug-likeness (QED) is 0.775. The van der Waals surface area contributed by atoms with Crippen molar-refractivity contribution in [2.75, 3.05) is 11.6 Å². The van der Waals surface area contributed by atoms with Crippen molar-refractivity contribution in [3.63, 3.8) is 0 Å². The summed E-state index contributed by atoms with van der Waals surface area (Å²) in [6, 6.07) is 1.75. The summed E-state index contributed by atoms with van der Waals surface area (Å²) in [5, 5.41) is 9.72. The number of thioether (sulfide) groups is 1. The Kier molecular flexibility index (Phi) is 3.27. The minimum atomic E-state index is -0.0667. The van der Waals surface area contributed by atoms with Crippen molar-refractivity contribution in [3.05, 3.63) is 17.5 Å². The standard InChI is InChI=1S/C9H13N3O2S/c1-6-2-7(12-14-6)3-10-9(13)8-4-15-5-11-8/h2,8,11H,3-5H2,1H3,(H,10,13). The lowest BCUT2D eigenvalue weighted by Crippen LogP contribution is -2.41. The van der Waals surface area contributed by atoms with E-state index in [4.69, 9.17) is 4.52 Å². The summed E-state index contributed by atoms with van der Waals surface area (Å²) in [4.78, 5) is 11.6. The molecule has 0 radical (unpaired) electrons. The summed E-state index contributed by atoms with van der Waals surface area (Å²) in [6.07, 6.45) is 0. The van der Waals surface area contributed by atoms with Crippen molar-refractivity contribution in [1.82, 2.24) is 15.8 Å². The van der Waals surface area contributed by atoms with Crippen molar-refractivity contribution in [3.8, 4) is 0 Å². The number of hydrogen-bond acceptors (Lipinski definition) is 5. The van der Waals surface area contributed by atoms with Crippen LogP contribution < -0.4 is 10.6 Å². The molecular formula is C9H13N3O2S. The Morgan fingerprint density at radius 1 is 1.87 bits per heavy atom. The summed E-state index contributed by atoms with van der Waals surface area (Å²) in [7, 11) is 0. The van der Waals surface area contributed by atoms with Crippen LogP contribution in [0.15, 0.2) is 10.6 Å². The second-order valence-corrected chi connectivity index (χ2v) is 4.45. The lowest BCUT2D eigenvalue weighted by atomic mass is 10.3. The lowest BCUT2D eigenvalue weighted by Gasteiger charge is -2.08. The molecule has 1 aromatic rings. The molecule has 1 amide bonds. The summed E-state index contributed by atoms with van der Waals surface area (Å²) in [6.45, 7) is 2.26. The minimum Gasteiger partial charge on any atom is -0.361 e. The molecular weight excluding hydrogens is 214 g/mol. The average molecular weight is 227 g/mol. The van der Waals surface area contributed by atoms with E-state index in [-0.39, 0.29) is 11.9 Å². The number of nitrogens with zero attached hydrogens (tertiary/aromatic N) is 1. The fourth-order valence-corrected chi connectivity index (χ4v) is 2.31. The molecule has 82 valence electrons. The summed E-state index contributed by atoms with van der Waals surface area (Å²) < 4.78 is 4.90. The van der Waals surface area contributed by atoms with Crippen LogP contribution in [0.2, 0.25) is 0 Å². The van der Waals surface area contributed by atoms with Crippen LogP contribution in [0.3, 0.4) is 0 Å². The number of rotatable bonds is 3. The van der Waals surface area contributed by atoms with Crippen LogP contribution in [0.5, 0.6) is 0 Å². The van der Waals surface area contributed by atoms with Gasteiger partial charge in [-0.15, -0.1) is 11.8 Å². The highest BCUT2D eigenvalue weighted by Crippen LogP contribution is 2.09. The zero-order valence-electron chi connectivity index (χ0n) is 8.45. The molecule has 1 unspecified atom stereocenters. The number of amides is 1. The normalized spacial score (nSPS) is 20.5. The topological polar surface area (TPSA) is 67.2 Å². The molecule has 1 saturated heterocycles. The highest BCUT2D eigenvalue weighted by atomic mass is 32.2. The molecule has 0 bridgehead atoms. The van der Waals surface area contributed by atoms with E-state index in [1.165, 1.54) is 0 Å². The van der Waals surface area contributed by atoms with Gasteiger partial charge in [0, 0.05) is 17.7 Å². The van der Waals surface area contributed by atoms with Crippen LogP contribution in [0.4, 0.5) is 0 Å². The number of aryl methyl sites for hydroxylation is 1. The van der Waals surface area contributed by atoms with Gasteiger partial charge in [-0.2, -0.15) is 0 Å². The SMILES string of the molecule is Cc1cc(CNC(=O)C2CSCN2)no1. The second kappa shape index (κ2) is 4.67. The van der Waals surface area contributed by atoms with Crippen LogP contribution in [-0.2, 0) is 11.3 Å². The molecule has 15 heavy (non-hydrogen) atoms.